The van der Waals surface area contributed by atoms with Gasteiger partial charge in [0.05, 0.1) is 18.1 Å². The molecule has 0 saturated heterocycles. The van der Waals surface area contributed by atoms with E-state index < -0.39 is 17.6 Å². The first-order valence-corrected chi connectivity index (χ1v) is 11.0. The number of nitrogens with zero attached hydrogens (tertiary/aromatic N) is 1. The molecular weight excluding hydrogens is 499 g/mol. The van der Waals surface area contributed by atoms with E-state index in [0.29, 0.717) is 28.2 Å². The number of hydrogen-bond acceptors (Lipinski definition) is 6. The smallest absolute Gasteiger partial charge is 0.446 e. The molecule has 0 unspecified atom stereocenters. The number of aromatic nitrogens is 2. The molecule has 36 heavy (non-hydrogen) atoms. The highest BCUT2D eigenvalue weighted by atomic mass is 32.2. The van der Waals surface area contributed by atoms with Crippen LogP contribution in [0.4, 0.5) is 40.1 Å². The summed E-state index contributed by atoms with van der Waals surface area (Å²) in [5.41, 5.74) is -2.50. The maximum Gasteiger partial charge on any atom is 0.446 e. The van der Waals surface area contributed by atoms with E-state index in [1.54, 1.807) is 42.5 Å². The van der Waals surface area contributed by atoms with E-state index in [1.807, 2.05) is 0 Å². The molecule has 0 saturated carbocycles. The molecule has 4 aromatic rings. The molecule has 9 nitrogen and oxygen atoms in total. The normalized spacial score (nSPS) is 11.1. The van der Waals surface area contributed by atoms with E-state index in [2.05, 4.69) is 30.7 Å². The van der Waals surface area contributed by atoms with Gasteiger partial charge in [0.2, 0.25) is 5.95 Å². The standard InChI is InChI=1S/C23H18F3N5O4S/c1-34-22(33)31-20-29-18-10-9-16(12-19(18)30-20)35-15-7-5-13(6-8-15)27-21(32)28-14-3-2-4-17(11-14)36-23(24,25)26/h2-12H,1H3,(H2,27,28,32)(H2,29,30,31,33). The van der Waals surface area contributed by atoms with Crippen LogP contribution in [0.5, 0.6) is 11.5 Å². The SMILES string of the molecule is COC(=O)Nc1nc2ccc(Oc3ccc(NC(=O)Nc4cccc(SC(F)(F)F)c4)cc3)cc2[nH]1. The molecule has 13 heteroatoms. The first kappa shape index (κ1) is 24.7. The monoisotopic (exact) mass is 517 g/mol. The summed E-state index contributed by atoms with van der Waals surface area (Å²) in [5.74, 6) is 1.23. The summed E-state index contributed by atoms with van der Waals surface area (Å²) < 4.78 is 48.0. The Morgan fingerprint density at radius 3 is 2.36 bits per heavy atom. The van der Waals surface area contributed by atoms with E-state index in [-0.39, 0.29) is 28.3 Å². The number of benzene rings is 3. The molecule has 0 fully saturated rings. The number of anilines is 3. The van der Waals surface area contributed by atoms with Gasteiger partial charge >= 0.3 is 17.6 Å². The van der Waals surface area contributed by atoms with Crippen LogP contribution in [0.3, 0.4) is 0 Å². The van der Waals surface area contributed by atoms with Gasteiger partial charge in [-0.05, 0) is 66.4 Å². The van der Waals surface area contributed by atoms with Crippen molar-refractivity contribution >= 4 is 52.2 Å². The molecule has 0 aliphatic rings. The molecule has 1 aromatic heterocycles. The largest absolute Gasteiger partial charge is 0.457 e. The van der Waals surface area contributed by atoms with E-state index in [0.717, 1.165) is 0 Å². The molecular formula is C23H18F3N5O4S. The molecule has 0 aliphatic heterocycles. The number of ether oxygens (including phenoxy) is 2. The third kappa shape index (κ3) is 6.82. The Hall–Kier alpha value is -4.39. The second-order valence-corrected chi connectivity index (χ2v) is 8.30. The van der Waals surface area contributed by atoms with Crippen molar-refractivity contribution in [3.63, 3.8) is 0 Å². The molecule has 0 aliphatic carbocycles. The number of aromatic amines is 1. The van der Waals surface area contributed by atoms with Gasteiger partial charge in [-0.25, -0.2) is 14.6 Å². The zero-order valence-electron chi connectivity index (χ0n) is 18.5. The van der Waals surface area contributed by atoms with Crippen LogP contribution in [-0.4, -0.2) is 34.7 Å². The first-order chi connectivity index (χ1) is 17.2. The Labute approximate surface area is 206 Å². The number of nitrogens with one attached hydrogen (secondary N) is 4. The summed E-state index contributed by atoms with van der Waals surface area (Å²) in [6.07, 6.45) is -0.651. The lowest BCUT2D eigenvalue weighted by Crippen LogP contribution is -2.19. The molecule has 3 amide bonds. The Morgan fingerprint density at radius 2 is 1.64 bits per heavy atom. The van der Waals surface area contributed by atoms with Gasteiger partial charge in [0, 0.05) is 22.3 Å². The van der Waals surface area contributed by atoms with Crippen molar-refractivity contribution in [3.05, 3.63) is 66.7 Å². The number of H-pyrrole nitrogens is 1. The maximum atomic E-state index is 12.5. The zero-order valence-corrected chi connectivity index (χ0v) is 19.3. The van der Waals surface area contributed by atoms with Crippen molar-refractivity contribution in [1.29, 1.82) is 0 Å². The Bertz CT molecular complexity index is 1390. The fraction of sp³-hybridized carbons (Fsp3) is 0.0870. The molecule has 3 aromatic carbocycles. The maximum absolute atomic E-state index is 12.5. The van der Waals surface area contributed by atoms with Crippen LogP contribution in [0, 0.1) is 0 Å². The molecule has 0 radical (unpaired) electrons. The van der Waals surface area contributed by atoms with Crippen LogP contribution in [-0.2, 0) is 4.74 Å². The minimum atomic E-state index is -4.42. The van der Waals surface area contributed by atoms with E-state index >= 15 is 0 Å². The molecule has 4 rings (SSSR count). The summed E-state index contributed by atoms with van der Waals surface area (Å²) >= 11 is -0.260. The van der Waals surface area contributed by atoms with Gasteiger partial charge in [0.15, 0.2) is 0 Å². The van der Waals surface area contributed by atoms with Crippen molar-refractivity contribution < 1.29 is 32.2 Å². The quantitative estimate of drug-likeness (QED) is 0.209. The fourth-order valence-corrected chi connectivity index (χ4v) is 3.67. The average molecular weight is 517 g/mol. The number of thioether (sulfide) groups is 1. The van der Waals surface area contributed by atoms with Gasteiger partial charge in [-0.2, -0.15) is 13.2 Å². The van der Waals surface area contributed by atoms with Gasteiger partial charge in [0.25, 0.3) is 0 Å². The van der Waals surface area contributed by atoms with Crippen molar-refractivity contribution in [3.8, 4) is 11.5 Å². The number of alkyl halides is 3. The summed E-state index contributed by atoms with van der Waals surface area (Å²) in [7, 11) is 1.25. The lowest BCUT2D eigenvalue weighted by Gasteiger charge is -2.11. The number of urea groups is 1. The van der Waals surface area contributed by atoms with Crippen LogP contribution in [0.2, 0.25) is 0 Å². The summed E-state index contributed by atoms with van der Waals surface area (Å²) in [4.78, 5) is 30.7. The minimum absolute atomic E-state index is 0.0360. The van der Waals surface area contributed by atoms with Crippen LogP contribution < -0.4 is 20.7 Å². The van der Waals surface area contributed by atoms with E-state index in [4.69, 9.17) is 4.74 Å². The summed E-state index contributed by atoms with van der Waals surface area (Å²) in [5, 5.41) is 7.55. The second kappa shape index (κ2) is 10.5. The third-order valence-corrected chi connectivity index (χ3v) is 5.25. The van der Waals surface area contributed by atoms with Crippen molar-refractivity contribution in [2.24, 2.45) is 0 Å². The second-order valence-electron chi connectivity index (χ2n) is 7.16. The Kier molecular flexibility index (Phi) is 7.20. The van der Waals surface area contributed by atoms with E-state index in [1.165, 1.54) is 31.4 Å². The van der Waals surface area contributed by atoms with Gasteiger partial charge in [-0.3, -0.25) is 5.32 Å². The highest BCUT2D eigenvalue weighted by Crippen LogP contribution is 2.37. The highest BCUT2D eigenvalue weighted by molar-refractivity contribution is 8.00. The van der Waals surface area contributed by atoms with E-state index in [9.17, 15) is 22.8 Å². The number of carbonyl (C=O) groups is 2. The first-order valence-electron chi connectivity index (χ1n) is 10.2. The zero-order chi connectivity index (χ0) is 25.7. The number of carbonyl (C=O) groups excluding carboxylic acids is 2. The van der Waals surface area contributed by atoms with Gasteiger partial charge in [-0.1, -0.05) is 6.07 Å². The predicted molar refractivity (Wildman–Crippen MR) is 130 cm³/mol. The van der Waals surface area contributed by atoms with Gasteiger partial charge < -0.3 is 25.1 Å². The topological polar surface area (TPSA) is 117 Å². The number of amides is 3. The number of fused-ring (bicyclic) bond motifs is 1. The predicted octanol–water partition coefficient (Wildman–Crippen LogP) is 6.79. The molecule has 0 spiro atoms. The number of rotatable bonds is 6. The van der Waals surface area contributed by atoms with Crippen molar-refractivity contribution in [2.45, 2.75) is 10.4 Å². The Morgan fingerprint density at radius 1 is 0.917 bits per heavy atom. The number of methoxy groups -OCH3 is 1. The minimum Gasteiger partial charge on any atom is -0.457 e. The van der Waals surface area contributed by atoms with Crippen LogP contribution in [0.25, 0.3) is 11.0 Å². The third-order valence-electron chi connectivity index (χ3n) is 4.53. The lowest BCUT2D eigenvalue weighted by atomic mass is 10.3. The summed E-state index contributed by atoms with van der Waals surface area (Å²) in [6.45, 7) is 0. The van der Waals surface area contributed by atoms with Gasteiger partial charge in [-0.15, -0.1) is 0 Å². The van der Waals surface area contributed by atoms with Gasteiger partial charge in [0.1, 0.15) is 11.5 Å². The number of hydrogen-bond donors (Lipinski definition) is 4. The summed E-state index contributed by atoms with van der Waals surface area (Å²) in [6, 6.07) is 16.5. The number of halogens is 3. The average Bonchev–Trinajstić information content (AvgIpc) is 3.20. The molecule has 0 atom stereocenters. The fourth-order valence-electron chi connectivity index (χ4n) is 3.07. The van der Waals surface area contributed by atoms with Crippen molar-refractivity contribution in [1.82, 2.24) is 9.97 Å². The Balaban J connectivity index is 1.35. The molecule has 0 bridgehead atoms. The van der Waals surface area contributed by atoms with Crippen molar-refractivity contribution in [2.75, 3.05) is 23.1 Å². The number of imidazole rings is 1. The van der Waals surface area contributed by atoms with Crippen LogP contribution >= 0.6 is 11.8 Å². The lowest BCUT2D eigenvalue weighted by molar-refractivity contribution is -0.0328. The molecule has 1 heterocycles. The highest BCUT2D eigenvalue weighted by Gasteiger charge is 2.29. The van der Waals surface area contributed by atoms with Crippen LogP contribution in [0.1, 0.15) is 0 Å². The molecule has 4 N–H and O–H groups in total. The molecule has 186 valence electrons. The van der Waals surface area contributed by atoms with Crippen LogP contribution in [0.15, 0.2) is 71.6 Å².